The standard InChI is InChI=1S/C19H23N3O5S/c1-28(25,26)22-11-3-2-5-16(22)18(23)20-13-14-7-9-15(10-8-14)21-19(24)17-6-4-12-27-17/h4,6-10,12,16H,2-3,5,11,13H2,1H3,(H,20,23)(H,21,24). The first kappa shape index (κ1) is 20.1. The molecule has 1 aromatic carbocycles. The number of piperidine rings is 1. The Hall–Kier alpha value is -2.65. The molecule has 0 radical (unpaired) electrons. The van der Waals surface area contributed by atoms with Gasteiger partial charge >= 0.3 is 0 Å². The molecule has 3 rings (SSSR count). The number of anilines is 1. The summed E-state index contributed by atoms with van der Waals surface area (Å²) in [6, 6.07) is 9.58. The lowest BCUT2D eigenvalue weighted by molar-refractivity contribution is -0.125. The number of carbonyl (C=O) groups excluding carboxylic acids is 2. The van der Waals surface area contributed by atoms with E-state index in [0.717, 1.165) is 24.7 Å². The zero-order chi connectivity index (χ0) is 20.1. The molecule has 0 aliphatic carbocycles. The molecule has 0 spiro atoms. The summed E-state index contributed by atoms with van der Waals surface area (Å²) in [6.07, 6.45) is 4.68. The van der Waals surface area contributed by atoms with E-state index in [-0.39, 0.29) is 24.1 Å². The van der Waals surface area contributed by atoms with Crippen molar-refractivity contribution in [1.82, 2.24) is 9.62 Å². The van der Waals surface area contributed by atoms with Crippen LogP contribution in [-0.2, 0) is 21.4 Å². The van der Waals surface area contributed by atoms with Gasteiger partial charge in [-0.25, -0.2) is 8.42 Å². The minimum atomic E-state index is -3.41. The highest BCUT2D eigenvalue weighted by Crippen LogP contribution is 2.20. The normalized spacial score (nSPS) is 17.8. The Labute approximate surface area is 164 Å². The van der Waals surface area contributed by atoms with Gasteiger partial charge in [0.2, 0.25) is 15.9 Å². The first-order valence-corrected chi connectivity index (χ1v) is 10.9. The summed E-state index contributed by atoms with van der Waals surface area (Å²) in [6.45, 7) is 0.653. The zero-order valence-corrected chi connectivity index (χ0v) is 16.4. The number of nitrogens with zero attached hydrogens (tertiary/aromatic N) is 1. The van der Waals surface area contributed by atoms with Gasteiger partial charge in [0.1, 0.15) is 6.04 Å². The smallest absolute Gasteiger partial charge is 0.291 e. The van der Waals surface area contributed by atoms with E-state index in [9.17, 15) is 18.0 Å². The molecule has 1 fully saturated rings. The molecule has 1 aliphatic heterocycles. The molecule has 2 amide bonds. The van der Waals surface area contributed by atoms with E-state index in [1.165, 1.54) is 10.6 Å². The Bertz CT molecular complexity index is 923. The third-order valence-electron chi connectivity index (χ3n) is 4.61. The molecule has 150 valence electrons. The summed E-state index contributed by atoms with van der Waals surface area (Å²) in [5.74, 6) is -0.413. The molecule has 2 aromatic rings. The molecule has 28 heavy (non-hydrogen) atoms. The Morgan fingerprint density at radius 1 is 1.18 bits per heavy atom. The predicted molar refractivity (Wildman–Crippen MR) is 104 cm³/mol. The lowest BCUT2D eigenvalue weighted by Gasteiger charge is -2.32. The predicted octanol–water partition coefficient (Wildman–Crippen LogP) is 1.96. The third-order valence-corrected chi connectivity index (χ3v) is 5.89. The van der Waals surface area contributed by atoms with Crippen LogP contribution in [-0.4, -0.2) is 43.4 Å². The molecule has 1 unspecified atom stereocenters. The van der Waals surface area contributed by atoms with Gasteiger partial charge in [-0.3, -0.25) is 9.59 Å². The van der Waals surface area contributed by atoms with Crippen LogP contribution < -0.4 is 10.6 Å². The fraction of sp³-hybridized carbons (Fsp3) is 0.368. The summed E-state index contributed by atoms with van der Waals surface area (Å²) in [5.41, 5.74) is 1.44. The molecule has 0 saturated carbocycles. The average molecular weight is 405 g/mol. The fourth-order valence-corrected chi connectivity index (χ4v) is 4.30. The lowest BCUT2D eigenvalue weighted by Crippen LogP contribution is -2.51. The molecular weight excluding hydrogens is 382 g/mol. The number of hydrogen-bond acceptors (Lipinski definition) is 5. The maximum absolute atomic E-state index is 12.5. The second-order valence-electron chi connectivity index (χ2n) is 6.73. The van der Waals surface area contributed by atoms with Gasteiger partial charge in [-0.1, -0.05) is 18.6 Å². The van der Waals surface area contributed by atoms with Crippen LogP contribution in [0.3, 0.4) is 0 Å². The maximum Gasteiger partial charge on any atom is 0.291 e. The van der Waals surface area contributed by atoms with E-state index in [4.69, 9.17) is 4.42 Å². The number of sulfonamides is 1. The SMILES string of the molecule is CS(=O)(=O)N1CCCCC1C(=O)NCc1ccc(NC(=O)c2ccco2)cc1. The highest BCUT2D eigenvalue weighted by Gasteiger charge is 2.34. The molecule has 1 aliphatic rings. The van der Waals surface area contributed by atoms with Crippen molar-refractivity contribution in [3.05, 3.63) is 54.0 Å². The molecule has 1 saturated heterocycles. The van der Waals surface area contributed by atoms with Crippen molar-refractivity contribution in [3.8, 4) is 0 Å². The molecule has 2 heterocycles. The number of amides is 2. The molecule has 0 bridgehead atoms. The van der Waals surface area contributed by atoms with E-state index < -0.39 is 16.1 Å². The van der Waals surface area contributed by atoms with Crippen LogP contribution in [0, 0.1) is 0 Å². The van der Waals surface area contributed by atoms with E-state index in [2.05, 4.69) is 10.6 Å². The number of hydrogen-bond donors (Lipinski definition) is 2. The van der Waals surface area contributed by atoms with Crippen molar-refractivity contribution >= 4 is 27.5 Å². The van der Waals surface area contributed by atoms with Gasteiger partial charge in [0.05, 0.1) is 12.5 Å². The van der Waals surface area contributed by atoms with Crippen molar-refractivity contribution in [1.29, 1.82) is 0 Å². The summed E-state index contributed by atoms with van der Waals surface area (Å²) >= 11 is 0. The minimum absolute atomic E-state index is 0.222. The van der Waals surface area contributed by atoms with Crippen LogP contribution in [0.25, 0.3) is 0 Å². The largest absolute Gasteiger partial charge is 0.459 e. The van der Waals surface area contributed by atoms with Gasteiger partial charge in [0.25, 0.3) is 5.91 Å². The van der Waals surface area contributed by atoms with Crippen molar-refractivity contribution < 1.29 is 22.4 Å². The van der Waals surface area contributed by atoms with Crippen LogP contribution >= 0.6 is 0 Å². The topological polar surface area (TPSA) is 109 Å². The Morgan fingerprint density at radius 2 is 1.93 bits per heavy atom. The highest BCUT2D eigenvalue weighted by atomic mass is 32.2. The number of nitrogens with one attached hydrogen (secondary N) is 2. The van der Waals surface area contributed by atoms with E-state index in [1.807, 2.05) is 0 Å². The molecule has 9 heteroatoms. The van der Waals surface area contributed by atoms with Gasteiger partial charge < -0.3 is 15.1 Å². The van der Waals surface area contributed by atoms with E-state index >= 15 is 0 Å². The van der Waals surface area contributed by atoms with E-state index in [0.29, 0.717) is 18.7 Å². The number of rotatable bonds is 6. The van der Waals surface area contributed by atoms with E-state index in [1.54, 1.807) is 36.4 Å². The van der Waals surface area contributed by atoms with Gasteiger partial charge in [-0.05, 0) is 42.7 Å². The van der Waals surface area contributed by atoms with Crippen LogP contribution in [0.2, 0.25) is 0 Å². The van der Waals surface area contributed by atoms with Crippen molar-refractivity contribution in [2.45, 2.75) is 31.8 Å². The highest BCUT2D eigenvalue weighted by molar-refractivity contribution is 7.88. The van der Waals surface area contributed by atoms with Gasteiger partial charge in [-0.2, -0.15) is 4.31 Å². The van der Waals surface area contributed by atoms with Crippen molar-refractivity contribution in [2.75, 3.05) is 18.1 Å². The molecule has 8 nitrogen and oxygen atoms in total. The third kappa shape index (κ3) is 4.99. The molecular formula is C19H23N3O5S. The van der Waals surface area contributed by atoms with Crippen LogP contribution in [0.15, 0.2) is 47.1 Å². The first-order valence-electron chi connectivity index (χ1n) is 9.03. The minimum Gasteiger partial charge on any atom is -0.459 e. The zero-order valence-electron chi connectivity index (χ0n) is 15.6. The quantitative estimate of drug-likeness (QED) is 0.764. The Balaban J connectivity index is 1.55. The molecule has 2 N–H and O–H groups in total. The van der Waals surface area contributed by atoms with Crippen molar-refractivity contribution in [2.24, 2.45) is 0 Å². The second kappa shape index (κ2) is 8.57. The Kier molecular flexibility index (Phi) is 6.15. The van der Waals surface area contributed by atoms with Crippen LogP contribution in [0.1, 0.15) is 35.4 Å². The molecule has 1 aromatic heterocycles. The summed E-state index contributed by atoms with van der Waals surface area (Å²) < 4.78 is 30.1. The van der Waals surface area contributed by atoms with Gasteiger partial charge in [0.15, 0.2) is 5.76 Å². The van der Waals surface area contributed by atoms with Gasteiger partial charge in [0, 0.05) is 18.8 Å². The van der Waals surface area contributed by atoms with Crippen molar-refractivity contribution in [3.63, 3.8) is 0 Å². The summed E-state index contributed by atoms with van der Waals surface area (Å²) in [7, 11) is -3.41. The fourth-order valence-electron chi connectivity index (χ4n) is 3.18. The summed E-state index contributed by atoms with van der Waals surface area (Å²) in [4.78, 5) is 24.4. The average Bonchev–Trinajstić information content (AvgIpc) is 3.21. The Morgan fingerprint density at radius 3 is 2.57 bits per heavy atom. The number of benzene rings is 1. The maximum atomic E-state index is 12.5. The summed E-state index contributed by atoms with van der Waals surface area (Å²) in [5, 5.41) is 5.52. The number of furan rings is 1. The van der Waals surface area contributed by atoms with Crippen LogP contribution in [0.5, 0.6) is 0 Å². The second-order valence-corrected chi connectivity index (χ2v) is 8.67. The van der Waals surface area contributed by atoms with Gasteiger partial charge in [-0.15, -0.1) is 0 Å². The number of carbonyl (C=O) groups is 2. The first-order chi connectivity index (χ1) is 13.3. The monoisotopic (exact) mass is 405 g/mol. The van der Waals surface area contributed by atoms with Crippen LogP contribution in [0.4, 0.5) is 5.69 Å². The molecule has 1 atom stereocenters. The lowest BCUT2D eigenvalue weighted by atomic mass is 10.0.